The summed E-state index contributed by atoms with van der Waals surface area (Å²) in [6.45, 7) is 0. The van der Waals surface area contributed by atoms with Crippen LogP contribution in [-0.4, -0.2) is 34.1 Å². The van der Waals surface area contributed by atoms with Crippen molar-refractivity contribution >= 4 is 65.6 Å². The number of furan rings is 1. The highest BCUT2D eigenvalue weighted by Crippen LogP contribution is 2.48. The zero-order valence-electron chi connectivity index (χ0n) is 36.9. The molecule has 8 aromatic carbocycles. The highest BCUT2D eigenvalue weighted by atomic mass is 16.3. The minimum atomic E-state index is 0.464. The lowest BCUT2D eigenvalue weighted by atomic mass is 9.92. The third-order valence-electron chi connectivity index (χ3n) is 13.3. The number of para-hydroxylation sites is 3. The second-order valence-electron chi connectivity index (χ2n) is 17.2. The van der Waals surface area contributed by atoms with E-state index < -0.39 is 0 Å². The number of benzene rings is 8. The van der Waals surface area contributed by atoms with Gasteiger partial charge in [0.25, 0.3) is 0 Å². The largest absolute Gasteiger partial charge is 0.455 e. The fourth-order valence-corrected chi connectivity index (χ4v) is 10.3. The Hall–Kier alpha value is -9.53. The van der Waals surface area contributed by atoms with E-state index in [4.69, 9.17) is 19.4 Å². The molecule has 322 valence electrons. The van der Waals surface area contributed by atoms with Gasteiger partial charge in [0.2, 0.25) is 0 Å². The van der Waals surface area contributed by atoms with Crippen LogP contribution in [0.15, 0.2) is 229 Å². The quantitative estimate of drug-likeness (QED) is 0.158. The topological polar surface area (TPSA) is 87.4 Å². The van der Waals surface area contributed by atoms with Gasteiger partial charge in [-0.05, 0) is 96.1 Å². The number of nitrogens with zero attached hydrogens (tertiary/aromatic N) is 7. The standard InChI is InChI=1S/C61H37N7O/c1-4-18-38(19-5-1)46-36-40(59-64-60(48-26-14-16-34-62-48)66-61(65-59)49-27-15-17-35-63-49)37-47(39-20-6-2-7-21-39)56(46)68-51-29-13-11-25-44(51)54-52(68)32-30-45-55-53(69-58(45)54)33-31-43-42-24-10-12-28-50(42)67(57(43)55)41-22-8-3-9-23-41/h1-37H. The summed E-state index contributed by atoms with van der Waals surface area (Å²) in [5, 5.41) is 6.69. The molecular weight excluding hydrogens is 847 g/mol. The van der Waals surface area contributed by atoms with Crippen LogP contribution in [-0.2, 0) is 0 Å². The summed E-state index contributed by atoms with van der Waals surface area (Å²) < 4.78 is 12.0. The van der Waals surface area contributed by atoms with Crippen LogP contribution < -0.4 is 0 Å². The van der Waals surface area contributed by atoms with Gasteiger partial charge in [-0.25, -0.2) is 15.0 Å². The minimum absolute atomic E-state index is 0.464. The van der Waals surface area contributed by atoms with Gasteiger partial charge < -0.3 is 13.6 Å². The summed E-state index contributed by atoms with van der Waals surface area (Å²) in [6, 6.07) is 74.0. The zero-order chi connectivity index (χ0) is 45.4. The normalized spacial score (nSPS) is 11.8. The molecule has 0 N–H and O–H groups in total. The van der Waals surface area contributed by atoms with Gasteiger partial charge in [-0.1, -0.05) is 127 Å². The first-order chi connectivity index (χ1) is 34.2. The molecule has 14 rings (SSSR count). The van der Waals surface area contributed by atoms with Crippen molar-refractivity contribution in [2.75, 3.05) is 0 Å². The zero-order valence-corrected chi connectivity index (χ0v) is 36.9. The lowest BCUT2D eigenvalue weighted by Crippen LogP contribution is -2.04. The Morgan fingerprint density at radius 3 is 1.52 bits per heavy atom. The van der Waals surface area contributed by atoms with Gasteiger partial charge in [-0.15, -0.1) is 0 Å². The summed E-state index contributed by atoms with van der Waals surface area (Å²) >= 11 is 0. The van der Waals surface area contributed by atoms with Crippen molar-refractivity contribution in [1.82, 2.24) is 34.1 Å². The number of pyridine rings is 2. The van der Waals surface area contributed by atoms with E-state index >= 15 is 0 Å². The monoisotopic (exact) mass is 883 g/mol. The molecule has 0 aliphatic heterocycles. The molecule has 6 aromatic heterocycles. The van der Waals surface area contributed by atoms with Gasteiger partial charge in [0.05, 0.1) is 38.5 Å². The lowest BCUT2D eigenvalue weighted by Gasteiger charge is -2.21. The molecule has 14 aromatic rings. The Kier molecular flexibility index (Phi) is 8.72. The molecule has 8 nitrogen and oxygen atoms in total. The van der Waals surface area contributed by atoms with Gasteiger partial charge >= 0.3 is 0 Å². The van der Waals surface area contributed by atoms with Crippen LogP contribution in [0.4, 0.5) is 0 Å². The molecular formula is C61H37N7O. The summed E-state index contributed by atoms with van der Waals surface area (Å²) in [5.74, 6) is 1.44. The number of hydrogen-bond acceptors (Lipinski definition) is 6. The third-order valence-corrected chi connectivity index (χ3v) is 13.3. The Labute approximate surface area is 395 Å². The van der Waals surface area contributed by atoms with Crippen molar-refractivity contribution in [1.29, 1.82) is 0 Å². The molecule has 0 unspecified atom stereocenters. The van der Waals surface area contributed by atoms with Crippen molar-refractivity contribution in [3.8, 4) is 68.1 Å². The van der Waals surface area contributed by atoms with Gasteiger partial charge in [-0.2, -0.15) is 0 Å². The van der Waals surface area contributed by atoms with E-state index in [-0.39, 0.29) is 0 Å². The van der Waals surface area contributed by atoms with Crippen LogP contribution in [0.1, 0.15) is 0 Å². The maximum atomic E-state index is 7.16. The first-order valence-corrected chi connectivity index (χ1v) is 23.0. The molecule has 0 bridgehead atoms. The van der Waals surface area contributed by atoms with Gasteiger partial charge in [0.15, 0.2) is 17.5 Å². The minimum Gasteiger partial charge on any atom is -0.455 e. The summed E-state index contributed by atoms with van der Waals surface area (Å²) in [5.41, 5.74) is 14.4. The predicted octanol–water partition coefficient (Wildman–Crippen LogP) is 15.1. The van der Waals surface area contributed by atoms with Crippen molar-refractivity contribution in [3.63, 3.8) is 0 Å². The van der Waals surface area contributed by atoms with Crippen molar-refractivity contribution in [3.05, 3.63) is 225 Å². The first kappa shape index (κ1) is 38.7. The molecule has 0 aliphatic carbocycles. The molecule has 0 spiro atoms. The van der Waals surface area contributed by atoms with Crippen molar-refractivity contribution in [2.45, 2.75) is 0 Å². The maximum absolute atomic E-state index is 7.16. The van der Waals surface area contributed by atoms with Crippen LogP contribution in [0, 0.1) is 0 Å². The fourth-order valence-electron chi connectivity index (χ4n) is 10.3. The molecule has 0 radical (unpaired) electrons. The smallest absolute Gasteiger partial charge is 0.182 e. The Morgan fingerprint density at radius 1 is 0.362 bits per heavy atom. The molecule has 0 saturated carbocycles. The van der Waals surface area contributed by atoms with E-state index in [0.717, 1.165) is 94.0 Å². The van der Waals surface area contributed by atoms with Crippen molar-refractivity contribution in [2.24, 2.45) is 0 Å². The van der Waals surface area contributed by atoms with Crippen LogP contribution >= 0.6 is 0 Å². The molecule has 0 aliphatic rings. The summed E-state index contributed by atoms with van der Waals surface area (Å²) in [4.78, 5) is 24.5. The predicted molar refractivity (Wildman–Crippen MR) is 279 cm³/mol. The van der Waals surface area contributed by atoms with Gasteiger partial charge in [-0.3, -0.25) is 9.97 Å². The SMILES string of the molecule is c1ccc(-c2cc(-c3nc(-c4ccccn4)nc(-c4ccccn4)n3)cc(-c3ccccc3)c2-n2c3ccccc3c3c4oc5ccc6c7ccccc7n(-c7ccccc7)c6c5c4ccc32)cc1. The Bertz CT molecular complexity index is 4160. The highest BCUT2D eigenvalue weighted by molar-refractivity contribution is 6.30. The van der Waals surface area contributed by atoms with Crippen molar-refractivity contribution < 1.29 is 4.42 Å². The number of rotatable bonds is 7. The molecule has 69 heavy (non-hydrogen) atoms. The molecule has 0 atom stereocenters. The molecule has 6 heterocycles. The van der Waals surface area contributed by atoms with Crippen LogP contribution in [0.2, 0.25) is 0 Å². The van der Waals surface area contributed by atoms with Crippen LogP contribution in [0.25, 0.3) is 134 Å². The highest BCUT2D eigenvalue weighted by Gasteiger charge is 2.26. The lowest BCUT2D eigenvalue weighted by molar-refractivity contribution is 0.673. The van der Waals surface area contributed by atoms with E-state index in [1.165, 1.54) is 10.8 Å². The van der Waals surface area contributed by atoms with E-state index in [1.807, 2.05) is 36.4 Å². The molecule has 0 saturated heterocycles. The Morgan fingerprint density at radius 2 is 0.899 bits per heavy atom. The number of hydrogen-bond donors (Lipinski definition) is 0. The van der Waals surface area contributed by atoms with E-state index in [9.17, 15) is 0 Å². The summed E-state index contributed by atoms with van der Waals surface area (Å²) in [6.07, 6.45) is 3.51. The van der Waals surface area contributed by atoms with E-state index in [2.05, 4.69) is 195 Å². The molecule has 0 amide bonds. The average Bonchev–Trinajstić information content (AvgIpc) is 4.09. The van der Waals surface area contributed by atoms with E-state index in [0.29, 0.717) is 28.9 Å². The molecule has 0 fully saturated rings. The van der Waals surface area contributed by atoms with Gasteiger partial charge in [0, 0.05) is 56.3 Å². The number of aromatic nitrogens is 7. The molecule has 8 heteroatoms. The average molecular weight is 884 g/mol. The van der Waals surface area contributed by atoms with Crippen LogP contribution in [0.3, 0.4) is 0 Å². The number of fused-ring (bicyclic) bond motifs is 11. The maximum Gasteiger partial charge on any atom is 0.182 e. The third kappa shape index (κ3) is 6.13. The second kappa shape index (κ2) is 15.5. The van der Waals surface area contributed by atoms with E-state index in [1.54, 1.807) is 12.4 Å². The Balaban J connectivity index is 1.09. The summed E-state index contributed by atoms with van der Waals surface area (Å²) in [7, 11) is 0. The van der Waals surface area contributed by atoms with Gasteiger partial charge in [0.1, 0.15) is 22.6 Å². The second-order valence-corrected chi connectivity index (χ2v) is 17.2. The first-order valence-electron chi connectivity index (χ1n) is 23.0. The van der Waals surface area contributed by atoms with Crippen LogP contribution in [0.5, 0.6) is 0 Å². The fraction of sp³-hybridized carbons (Fsp3) is 0.